The first-order chi connectivity index (χ1) is 13.5. The van der Waals surface area contributed by atoms with Crippen molar-refractivity contribution in [2.45, 2.75) is 13.5 Å². The number of likely N-dealkylation sites (N-methyl/N-ethyl adjacent to an activating group) is 1. The molecule has 1 aliphatic rings. The molecule has 0 spiro atoms. The Hall–Kier alpha value is -3.20. The molecule has 5 amide bonds. The van der Waals surface area contributed by atoms with Crippen molar-refractivity contribution in [3.63, 3.8) is 0 Å². The van der Waals surface area contributed by atoms with Gasteiger partial charge in [0, 0.05) is 17.1 Å². The summed E-state index contributed by atoms with van der Waals surface area (Å²) < 4.78 is 5.15. The molecule has 0 unspecified atom stereocenters. The molecule has 146 valence electrons. The largest absolute Gasteiger partial charge is 0.497 e. The minimum absolute atomic E-state index is 0.0749. The van der Waals surface area contributed by atoms with Gasteiger partial charge in [0.2, 0.25) is 5.91 Å². The number of imide groups is 2. The number of hydrogen-bond acceptors (Lipinski definition) is 6. The van der Waals surface area contributed by atoms with E-state index in [1.54, 1.807) is 38.3 Å². The number of rotatable bonds is 7. The summed E-state index contributed by atoms with van der Waals surface area (Å²) >= 11 is 1.49. The number of amides is 5. The van der Waals surface area contributed by atoms with Crippen LogP contribution < -0.4 is 9.64 Å². The Morgan fingerprint density at radius 2 is 1.75 bits per heavy atom. The molecule has 1 saturated heterocycles. The molecule has 0 saturated carbocycles. The highest BCUT2D eigenvalue weighted by Crippen LogP contribution is 2.23. The summed E-state index contributed by atoms with van der Waals surface area (Å²) in [5.41, 5.74) is 0.594. The van der Waals surface area contributed by atoms with Crippen molar-refractivity contribution in [3.8, 4) is 5.75 Å². The minimum atomic E-state index is -0.981. The topological polar surface area (TPSA) is 87.2 Å². The molecule has 0 aliphatic carbocycles. The summed E-state index contributed by atoms with van der Waals surface area (Å²) in [4.78, 5) is 53.2. The van der Waals surface area contributed by atoms with Crippen LogP contribution in [0.5, 0.6) is 5.75 Å². The normalized spacial score (nSPS) is 14.0. The predicted molar refractivity (Wildman–Crippen MR) is 103 cm³/mol. The first-order valence-corrected chi connectivity index (χ1v) is 9.48. The van der Waals surface area contributed by atoms with Crippen molar-refractivity contribution < 1.29 is 23.9 Å². The smallest absolute Gasteiger partial charge is 0.334 e. The summed E-state index contributed by atoms with van der Waals surface area (Å²) in [6.07, 6.45) is 0. The zero-order chi connectivity index (χ0) is 20.3. The van der Waals surface area contributed by atoms with Gasteiger partial charge in [-0.15, -0.1) is 11.3 Å². The Balaban J connectivity index is 1.85. The predicted octanol–water partition coefficient (Wildman–Crippen LogP) is 2.10. The Bertz CT molecular complexity index is 895. The van der Waals surface area contributed by atoms with E-state index >= 15 is 0 Å². The highest BCUT2D eigenvalue weighted by atomic mass is 32.1. The summed E-state index contributed by atoms with van der Waals surface area (Å²) in [6, 6.07) is 9.89. The fraction of sp³-hybridized carbons (Fsp3) is 0.263. The van der Waals surface area contributed by atoms with Gasteiger partial charge < -0.3 is 9.64 Å². The highest BCUT2D eigenvalue weighted by Gasteiger charge is 2.44. The lowest BCUT2D eigenvalue weighted by molar-refractivity contribution is -0.143. The lowest BCUT2D eigenvalue weighted by Gasteiger charge is -2.24. The molecule has 2 heterocycles. The molecule has 0 radical (unpaired) electrons. The van der Waals surface area contributed by atoms with Gasteiger partial charge in [0.25, 0.3) is 0 Å². The van der Waals surface area contributed by atoms with Crippen LogP contribution in [-0.2, 0) is 20.9 Å². The highest BCUT2D eigenvalue weighted by molar-refractivity contribution is 7.09. The average molecular weight is 401 g/mol. The maximum absolute atomic E-state index is 13.0. The van der Waals surface area contributed by atoms with Crippen LogP contribution in [0.3, 0.4) is 0 Å². The van der Waals surface area contributed by atoms with E-state index in [0.717, 1.165) is 9.78 Å². The van der Waals surface area contributed by atoms with E-state index < -0.39 is 30.3 Å². The number of carbonyl (C=O) groups excluding carboxylic acids is 4. The molecule has 1 aliphatic heterocycles. The molecule has 3 rings (SSSR count). The minimum Gasteiger partial charge on any atom is -0.497 e. The standard InChI is InChI=1S/C19H19N3O5S/c1-3-20-17(24)18(25)22(19(20)26)12-16(23)21(11-15-5-4-10-28-15)13-6-8-14(27-2)9-7-13/h4-10H,3,11-12H2,1-2H3. The Morgan fingerprint density at radius 3 is 2.29 bits per heavy atom. The molecule has 1 aromatic heterocycles. The molecule has 0 N–H and O–H groups in total. The summed E-state index contributed by atoms with van der Waals surface area (Å²) in [7, 11) is 1.55. The van der Waals surface area contributed by atoms with E-state index in [1.807, 2.05) is 17.5 Å². The monoisotopic (exact) mass is 401 g/mol. The number of methoxy groups -OCH3 is 1. The fourth-order valence-corrected chi connectivity index (χ4v) is 3.53. The van der Waals surface area contributed by atoms with Crippen LogP contribution in [0.25, 0.3) is 0 Å². The lowest BCUT2D eigenvalue weighted by atomic mass is 10.2. The van der Waals surface area contributed by atoms with Crippen LogP contribution in [0.1, 0.15) is 11.8 Å². The van der Waals surface area contributed by atoms with Gasteiger partial charge >= 0.3 is 17.8 Å². The van der Waals surface area contributed by atoms with Gasteiger partial charge in [-0.3, -0.25) is 19.3 Å². The van der Waals surface area contributed by atoms with Crippen LogP contribution in [-0.4, -0.2) is 53.8 Å². The molecule has 1 fully saturated rings. The molecule has 8 nitrogen and oxygen atoms in total. The fourth-order valence-electron chi connectivity index (χ4n) is 2.83. The number of carbonyl (C=O) groups is 4. The quantitative estimate of drug-likeness (QED) is 0.524. The second-order valence-corrected chi connectivity index (χ2v) is 7.01. The average Bonchev–Trinajstić information content (AvgIpc) is 3.29. The zero-order valence-corrected chi connectivity index (χ0v) is 16.3. The summed E-state index contributed by atoms with van der Waals surface area (Å²) in [6.45, 7) is 1.45. The third-order valence-corrected chi connectivity index (χ3v) is 5.19. The maximum atomic E-state index is 13.0. The SMILES string of the molecule is CCN1C(=O)C(=O)N(CC(=O)N(Cc2cccs2)c2ccc(OC)cc2)C1=O. The molecule has 0 atom stereocenters. The first kappa shape index (κ1) is 19.6. The number of hydrogen-bond donors (Lipinski definition) is 0. The van der Waals surface area contributed by atoms with Gasteiger partial charge in [-0.1, -0.05) is 6.07 Å². The van der Waals surface area contributed by atoms with E-state index in [-0.39, 0.29) is 13.1 Å². The zero-order valence-electron chi connectivity index (χ0n) is 15.5. The molecule has 2 aromatic rings. The second kappa shape index (κ2) is 8.22. The molecular weight excluding hydrogens is 382 g/mol. The third kappa shape index (κ3) is 3.74. The van der Waals surface area contributed by atoms with E-state index in [0.29, 0.717) is 16.3 Å². The van der Waals surface area contributed by atoms with Gasteiger partial charge in [-0.05, 0) is 42.6 Å². The van der Waals surface area contributed by atoms with E-state index in [1.165, 1.54) is 16.2 Å². The Labute approximate surface area is 165 Å². The number of anilines is 1. The summed E-state index contributed by atoms with van der Waals surface area (Å²) in [5.74, 6) is -1.71. The van der Waals surface area contributed by atoms with Crippen molar-refractivity contribution in [2.75, 3.05) is 25.1 Å². The van der Waals surface area contributed by atoms with Crippen LogP contribution in [0.2, 0.25) is 0 Å². The van der Waals surface area contributed by atoms with Gasteiger partial charge in [0.15, 0.2) is 0 Å². The third-order valence-electron chi connectivity index (χ3n) is 4.32. The second-order valence-electron chi connectivity index (χ2n) is 5.98. The molecule has 9 heteroatoms. The maximum Gasteiger partial charge on any atom is 0.334 e. The molecular formula is C19H19N3O5S. The Kier molecular flexibility index (Phi) is 5.74. The molecule has 28 heavy (non-hydrogen) atoms. The van der Waals surface area contributed by atoms with Gasteiger partial charge in [0.05, 0.1) is 13.7 Å². The lowest BCUT2D eigenvalue weighted by Crippen LogP contribution is -2.43. The van der Waals surface area contributed by atoms with Crippen molar-refractivity contribution in [1.29, 1.82) is 0 Å². The van der Waals surface area contributed by atoms with Gasteiger partial charge in [0.1, 0.15) is 12.3 Å². The van der Waals surface area contributed by atoms with Crippen LogP contribution in [0.15, 0.2) is 41.8 Å². The van der Waals surface area contributed by atoms with Crippen molar-refractivity contribution in [2.24, 2.45) is 0 Å². The molecule has 0 bridgehead atoms. The number of urea groups is 1. The van der Waals surface area contributed by atoms with Gasteiger partial charge in [-0.25, -0.2) is 9.69 Å². The van der Waals surface area contributed by atoms with E-state index in [4.69, 9.17) is 4.74 Å². The van der Waals surface area contributed by atoms with E-state index in [2.05, 4.69) is 0 Å². The number of benzene rings is 1. The number of nitrogens with zero attached hydrogens (tertiary/aromatic N) is 3. The van der Waals surface area contributed by atoms with Crippen LogP contribution >= 0.6 is 11.3 Å². The van der Waals surface area contributed by atoms with Crippen LogP contribution in [0, 0.1) is 0 Å². The van der Waals surface area contributed by atoms with Gasteiger partial charge in [-0.2, -0.15) is 0 Å². The summed E-state index contributed by atoms with van der Waals surface area (Å²) in [5, 5.41) is 1.90. The first-order valence-electron chi connectivity index (χ1n) is 8.60. The van der Waals surface area contributed by atoms with E-state index in [9.17, 15) is 19.2 Å². The van der Waals surface area contributed by atoms with Crippen molar-refractivity contribution in [1.82, 2.24) is 9.80 Å². The molecule has 1 aromatic carbocycles. The Morgan fingerprint density at radius 1 is 1.07 bits per heavy atom. The van der Waals surface area contributed by atoms with Crippen molar-refractivity contribution >= 4 is 40.8 Å². The van der Waals surface area contributed by atoms with Crippen molar-refractivity contribution in [3.05, 3.63) is 46.7 Å². The number of thiophene rings is 1. The number of ether oxygens (including phenoxy) is 1. The van der Waals surface area contributed by atoms with Crippen LogP contribution in [0.4, 0.5) is 10.5 Å².